The van der Waals surface area contributed by atoms with Crippen LogP contribution in [-0.4, -0.2) is 55.6 Å². The summed E-state index contributed by atoms with van der Waals surface area (Å²) >= 11 is 1.31. The number of nitrogens with one attached hydrogen (secondary N) is 1. The molecule has 0 bridgehead atoms. The van der Waals surface area contributed by atoms with E-state index in [0.29, 0.717) is 34.4 Å². The van der Waals surface area contributed by atoms with E-state index in [1.165, 1.54) is 17.4 Å². The lowest BCUT2D eigenvalue weighted by molar-refractivity contribution is -0.119. The summed E-state index contributed by atoms with van der Waals surface area (Å²) in [6.45, 7) is 6.41. The molecule has 0 spiro atoms. The lowest BCUT2D eigenvalue weighted by Gasteiger charge is -2.19. The average molecular weight is 585 g/mol. The molecule has 212 valence electrons. The number of anilines is 1. The maximum absolute atomic E-state index is 13.3. The number of amides is 2. The molecule has 2 amide bonds. The quantitative estimate of drug-likeness (QED) is 0.231. The highest BCUT2D eigenvalue weighted by Gasteiger charge is 2.34. The van der Waals surface area contributed by atoms with Gasteiger partial charge in [0.1, 0.15) is 5.00 Å². The minimum atomic E-state index is -3.55. The molecule has 4 rings (SSSR count). The van der Waals surface area contributed by atoms with E-state index in [9.17, 15) is 18.9 Å². The Morgan fingerprint density at radius 1 is 0.975 bits per heavy atom. The van der Waals surface area contributed by atoms with Gasteiger partial charge in [-0.05, 0) is 57.0 Å². The van der Waals surface area contributed by atoms with E-state index < -0.39 is 19.5 Å². The van der Waals surface area contributed by atoms with Crippen molar-refractivity contribution in [2.75, 3.05) is 38.2 Å². The van der Waals surface area contributed by atoms with Crippen LogP contribution in [0.3, 0.4) is 0 Å². The number of hydrogen-bond acceptors (Lipinski definition) is 8. The summed E-state index contributed by atoms with van der Waals surface area (Å²) in [5.41, 5.74) is 1.57. The molecule has 0 aliphatic carbocycles. The first-order valence-electron chi connectivity index (χ1n) is 13.3. The van der Waals surface area contributed by atoms with Gasteiger partial charge in [-0.15, -0.1) is 11.3 Å². The van der Waals surface area contributed by atoms with E-state index in [1.807, 2.05) is 30.3 Å². The van der Waals surface area contributed by atoms with Crippen LogP contribution in [0.15, 0.2) is 60.7 Å². The number of carbonyl (C=O) groups is 3. The second kappa shape index (κ2) is 13.4. The topological polar surface area (TPSA) is 111 Å². The van der Waals surface area contributed by atoms with Gasteiger partial charge >= 0.3 is 13.6 Å². The maximum atomic E-state index is 13.3. The highest BCUT2D eigenvalue weighted by Crippen LogP contribution is 2.47. The van der Waals surface area contributed by atoms with Crippen LogP contribution in [0, 0.1) is 5.92 Å². The van der Waals surface area contributed by atoms with Crippen molar-refractivity contribution in [3.8, 4) is 10.4 Å². The Morgan fingerprint density at radius 3 is 2.38 bits per heavy atom. The summed E-state index contributed by atoms with van der Waals surface area (Å²) in [5.74, 6) is -1.50. The third-order valence-corrected chi connectivity index (χ3v) is 9.58. The predicted molar refractivity (Wildman–Crippen MR) is 155 cm³/mol. The van der Waals surface area contributed by atoms with Crippen LogP contribution in [0.4, 0.5) is 5.00 Å². The summed E-state index contributed by atoms with van der Waals surface area (Å²) in [7, 11) is -3.55. The first-order chi connectivity index (χ1) is 19.3. The Hall–Kier alpha value is -3.30. The number of rotatable bonds is 11. The van der Waals surface area contributed by atoms with Crippen molar-refractivity contribution in [1.82, 2.24) is 4.90 Å². The Morgan fingerprint density at radius 2 is 1.70 bits per heavy atom. The van der Waals surface area contributed by atoms with E-state index >= 15 is 0 Å². The first-order valence-corrected chi connectivity index (χ1v) is 15.6. The van der Waals surface area contributed by atoms with E-state index in [1.54, 1.807) is 49.9 Å². The van der Waals surface area contributed by atoms with Gasteiger partial charge in [-0.3, -0.25) is 14.2 Å². The molecule has 0 saturated carbocycles. The largest absolute Gasteiger partial charge is 0.462 e. The molecule has 40 heavy (non-hydrogen) atoms. The molecule has 2 heterocycles. The Labute approximate surface area is 238 Å². The summed E-state index contributed by atoms with van der Waals surface area (Å²) in [5, 5.41) is 3.64. The van der Waals surface area contributed by atoms with E-state index in [2.05, 4.69) is 5.32 Å². The van der Waals surface area contributed by atoms with Crippen LogP contribution in [0.25, 0.3) is 10.4 Å². The third-order valence-electron chi connectivity index (χ3n) is 6.38. The number of benzene rings is 2. The van der Waals surface area contributed by atoms with Crippen LogP contribution in [0.2, 0.25) is 0 Å². The molecule has 1 aromatic heterocycles. The summed E-state index contributed by atoms with van der Waals surface area (Å²) in [6.07, 6.45) is 0.472. The summed E-state index contributed by atoms with van der Waals surface area (Å²) in [4.78, 5) is 41.6. The molecule has 11 heteroatoms. The smallest absolute Gasteiger partial charge is 0.361 e. The highest BCUT2D eigenvalue weighted by atomic mass is 32.1. The molecule has 0 radical (unpaired) electrons. The number of carbonyl (C=O) groups excluding carboxylic acids is 3. The average Bonchev–Trinajstić information content (AvgIpc) is 3.62. The van der Waals surface area contributed by atoms with Crippen LogP contribution < -0.4 is 10.6 Å². The zero-order chi connectivity index (χ0) is 28.7. The molecule has 1 atom stereocenters. The van der Waals surface area contributed by atoms with Gasteiger partial charge in [0, 0.05) is 23.5 Å². The van der Waals surface area contributed by atoms with Gasteiger partial charge in [0.05, 0.1) is 36.6 Å². The fraction of sp³-hybridized carbons (Fsp3) is 0.345. The zero-order valence-electron chi connectivity index (χ0n) is 22.8. The molecule has 1 unspecified atom stereocenters. The number of esters is 1. The van der Waals surface area contributed by atoms with Crippen molar-refractivity contribution in [2.45, 2.75) is 27.2 Å². The number of ether oxygens (including phenoxy) is 1. The van der Waals surface area contributed by atoms with Gasteiger partial charge in [-0.1, -0.05) is 36.4 Å². The molecule has 1 saturated heterocycles. The van der Waals surface area contributed by atoms with Crippen LogP contribution >= 0.6 is 18.9 Å². The van der Waals surface area contributed by atoms with Gasteiger partial charge in [-0.2, -0.15) is 0 Å². The van der Waals surface area contributed by atoms with Gasteiger partial charge in [0.2, 0.25) is 5.91 Å². The zero-order valence-corrected chi connectivity index (χ0v) is 24.5. The molecule has 1 aliphatic heterocycles. The Balaban J connectivity index is 1.48. The Kier molecular flexibility index (Phi) is 9.92. The van der Waals surface area contributed by atoms with Gasteiger partial charge < -0.3 is 24.0 Å². The SMILES string of the molecule is CCOC(=O)c1cc(-c2ccccc2)sc1NC(=O)C1CCN(C(=O)c2cccc(P(=O)(OCC)OCC)c2)C1. The standard InChI is InChI=1S/C29H33N2O7PS/c1-4-36-29(34)24-18-25(20-11-8-7-9-12-20)40-27(24)30-26(32)22-15-16-31(19-22)28(33)21-13-10-14-23(17-21)39(35,37-5-2)38-6-3/h7-14,17-18,22H,4-6,15-16,19H2,1-3H3,(H,30,32). The maximum Gasteiger partial charge on any atom is 0.361 e. The van der Waals surface area contributed by atoms with Crippen molar-refractivity contribution >= 4 is 47.0 Å². The van der Waals surface area contributed by atoms with Gasteiger partial charge in [-0.25, -0.2) is 4.79 Å². The second-order valence-corrected chi connectivity index (χ2v) is 12.1. The van der Waals surface area contributed by atoms with Crippen molar-refractivity contribution in [2.24, 2.45) is 5.92 Å². The number of thiophene rings is 1. The minimum Gasteiger partial charge on any atom is -0.462 e. The van der Waals surface area contributed by atoms with Crippen molar-refractivity contribution < 1.29 is 32.7 Å². The number of likely N-dealkylation sites (tertiary alicyclic amines) is 1. The van der Waals surface area contributed by atoms with E-state index in [-0.39, 0.29) is 38.2 Å². The van der Waals surface area contributed by atoms with Crippen molar-refractivity contribution in [1.29, 1.82) is 0 Å². The van der Waals surface area contributed by atoms with Crippen LogP contribution in [0.1, 0.15) is 47.9 Å². The fourth-order valence-electron chi connectivity index (χ4n) is 4.48. The van der Waals surface area contributed by atoms with E-state index in [4.69, 9.17) is 13.8 Å². The van der Waals surface area contributed by atoms with Crippen molar-refractivity contribution in [3.63, 3.8) is 0 Å². The third kappa shape index (κ3) is 6.70. The molecule has 1 N–H and O–H groups in total. The summed E-state index contributed by atoms with van der Waals surface area (Å²) in [6, 6.07) is 17.8. The van der Waals surface area contributed by atoms with Crippen LogP contribution in [-0.2, 0) is 23.1 Å². The molecule has 1 aliphatic rings. The minimum absolute atomic E-state index is 0.202. The van der Waals surface area contributed by atoms with Crippen molar-refractivity contribution in [3.05, 3.63) is 71.8 Å². The molecular formula is C29H33N2O7PS. The highest BCUT2D eigenvalue weighted by molar-refractivity contribution is 7.62. The van der Waals surface area contributed by atoms with Crippen LogP contribution in [0.5, 0.6) is 0 Å². The first kappa shape index (κ1) is 29.7. The molecule has 1 fully saturated rings. The molecule has 9 nitrogen and oxygen atoms in total. The molecule has 2 aromatic carbocycles. The Bertz CT molecular complexity index is 1400. The monoisotopic (exact) mass is 584 g/mol. The number of hydrogen-bond donors (Lipinski definition) is 1. The van der Waals surface area contributed by atoms with Gasteiger partial charge in [0.25, 0.3) is 5.91 Å². The molecule has 3 aromatic rings. The normalized spacial score (nSPS) is 15.2. The lowest BCUT2D eigenvalue weighted by Crippen LogP contribution is -2.32. The number of nitrogens with zero attached hydrogens (tertiary/aromatic N) is 1. The van der Waals surface area contributed by atoms with Gasteiger partial charge in [0.15, 0.2) is 0 Å². The van der Waals surface area contributed by atoms with E-state index in [0.717, 1.165) is 10.4 Å². The fourth-order valence-corrected chi connectivity index (χ4v) is 7.15. The lowest BCUT2D eigenvalue weighted by atomic mass is 10.1. The summed E-state index contributed by atoms with van der Waals surface area (Å²) < 4.78 is 29.2. The second-order valence-electron chi connectivity index (χ2n) is 9.05. The predicted octanol–water partition coefficient (Wildman–Crippen LogP) is 5.58. The molecular weight excluding hydrogens is 551 g/mol.